The van der Waals surface area contributed by atoms with Crippen molar-refractivity contribution in [3.8, 4) is 0 Å². The van der Waals surface area contributed by atoms with Gasteiger partial charge in [0.05, 0.1) is 19.1 Å². The van der Waals surface area contributed by atoms with Gasteiger partial charge in [0.1, 0.15) is 0 Å². The Morgan fingerprint density at radius 3 is 2.11 bits per heavy atom. The molecule has 0 rings (SSSR count). The number of carbonyl (C=O) groups is 1. The molecule has 0 heterocycles. The Balaban J connectivity index is 4.47. The molecular formula is C12H25N3O4. The Hall–Kier alpha value is -1.34. The molecule has 7 heteroatoms. The minimum Gasteiger partial charge on any atom is -0.409 e. The summed E-state index contributed by atoms with van der Waals surface area (Å²) in [4.78, 5) is 13.8. The molecule has 1 amide bonds. The van der Waals surface area contributed by atoms with Gasteiger partial charge in [-0.15, -0.1) is 0 Å². The van der Waals surface area contributed by atoms with Crippen LogP contribution < -0.4 is 5.73 Å². The summed E-state index contributed by atoms with van der Waals surface area (Å²) in [7, 11) is 0. The molecule has 0 aromatic heterocycles. The molecule has 0 aliphatic rings. The predicted octanol–water partition coefficient (Wildman–Crippen LogP) is 0.271. The molecule has 0 saturated carbocycles. The predicted molar refractivity (Wildman–Crippen MR) is 72.1 cm³/mol. The highest BCUT2D eigenvalue weighted by atomic mass is 16.5. The number of nitrogens with two attached hydrogens (primary N) is 1. The summed E-state index contributed by atoms with van der Waals surface area (Å²) in [6.07, 6.45) is 0. The largest absolute Gasteiger partial charge is 0.409 e. The van der Waals surface area contributed by atoms with Crippen LogP contribution in [0.3, 0.4) is 0 Å². The van der Waals surface area contributed by atoms with E-state index in [1.807, 2.05) is 13.8 Å². The van der Waals surface area contributed by atoms with Crippen LogP contribution in [-0.2, 0) is 14.3 Å². The highest BCUT2D eigenvalue weighted by Gasteiger charge is 2.23. The van der Waals surface area contributed by atoms with Gasteiger partial charge < -0.3 is 25.3 Å². The molecular weight excluding hydrogens is 250 g/mol. The van der Waals surface area contributed by atoms with E-state index in [0.29, 0.717) is 39.5 Å². The van der Waals surface area contributed by atoms with Crippen molar-refractivity contribution in [1.82, 2.24) is 4.90 Å². The summed E-state index contributed by atoms with van der Waals surface area (Å²) < 4.78 is 10.5. The monoisotopic (exact) mass is 275 g/mol. The van der Waals surface area contributed by atoms with Gasteiger partial charge in [-0.05, 0) is 20.8 Å². The third-order valence-corrected chi connectivity index (χ3v) is 2.66. The lowest BCUT2D eigenvalue weighted by molar-refractivity contribution is -0.134. The zero-order valence-corrected chi connectivity index (χ0v) is 12.0. The SMILES string of the molecule is CCOCCN(CCOCC)C(=O)C(C)C(N)=NO. The summed E-state index contributed by atoms with van der Waals surface area (Å²) in [5, 5.41) is 11.5. The van der Waals surface area contributed by atoms with Crippen LogP contribution in [0.1, 0.15) is 20.8 Å². The van der Waals surface area contributed by atoms with Crippen LogP contribution >= 0.6 is 0 Å². The second-order valence-electron chi connectivity index (χ2n) is 3.97. The Kier molecular flexibility index (Phi) is 9.82. The molecule has 0 aromatic rings. The fraction of sp³-hybridized carbons (Fsp3) is 0.833. The number of ether oxygens (including phenoxy) is 2. The smallest absolute Gasteiger partial charge is 0.233 e. The van der Waals surface area contributed by atoms with E-state index in [4.69, 9.17) is 20.4 Å². The lowest BCUT2D eigenvalue weighted by Crippen LogP contribution is -2.43. The van der Waals surface area contributed by atoms with Crippen LogP contribution in [0.2, 0.25) is 0 Å². The van der Waals surface area contributed by atoms with E-state index in [9.17, 15) is 4.79 Å². The number of oxime groups is 1. The normalized spacial score (nSPS) is 13.3. The number of carbonyl (C=O) groups excluding carboxylic acids is 1. The fourth-order valence-corrected chi connectivity index (χ4v) is 1.46. The van der Waals surface area contributed by atoms with E-state index in [1.165, 1.54) is 0 Å². The molecule has 0 spiro atoms. The van der Waals surface area contributed by atoms with Crippen molar-refractivity contribution in [3.05, 3.63) is 0 Å². The number of nitrogens with zero attached hydrogens (tertiary/aromatic N) is 2. The number of hydrogen-bond donors (Lipinski definition) is 2. The molecule has 112 valence electrons. The molecule has 0 saturated heterocycles. The van der Waals surface area contributed by atoms with Gasteiger partial charge in [-0.2, -0.15) is 0 Å². The summed E-state index contributed by atoms with van der Waals surface area (Å²) in [6, 6.07) is 0. The van der Waals surface area contributed by atoms with Gasteiger partial charge in [-0.25, -0.2) is 0 Å². The first-order valence-electron chi connectivity index (χ1n) is 6.50. The maximum atomic E-state index is 12.2. The lowest BCUT2D eigenvalue weighted by Gasteiger charge is -2.25. The zero-order chi connectivity index (χ0) is 14.7. The topological polar surface area (TPSA) is 97.4 Å². The van der Waals surface area contributed by atoms with Crippen molar-refractivity contribution in [3.63, 3.8) is 0 Å². The van der Waals surface area contributed by atoms with Crippen molar-refractivity contribution in [2.45, 2.75) is 20.8 Å². The van der Waals surface area contributed by atoms with Crippen molar-refractivity contribution in [2.75, 3.05) is 39.5 Å². The highest BCUT2D eigenvalue weighted by molar-refractivity contribution is 6.01. The van der Waals surface area contributed by atoms with Crippen molar-refractivity contribution in [1.29, 1.82) is 0 Å². The summed E-state index contributed by atoms with van der Waals surface area (Å²) in [5.74, 6) is -0.953. The molecule has 0 aliphatic heterocycles. The average Bonchev–Trinajstić information content (AvgIpc) is 2.43. The third-order valence-electron chi connectivity index (χ3n) is 2.66. The molecule has 1 unspecified atom stereocenters. The van der Waals surface area contributed by atoms with Crippen LogP contribution in [0, 0.1) is 5.92 Å². The third kappa shape index (κ3) is 6.97. The van der Waals surface area contributed by atoms with E-state index in [1.54, 1.807) is 11.8 Å². The molecule has 19 heavy (non-hydrogen) atoms. The van der Waals surface area contributed by atoms with E-state index in [0.717, 1.165) is 0 Å². The first-order chi connectivity index (χ1) is 9.08. The van der Waals surface area contributed by atoms with Gasteiger partial charge in [0, 0.05) is 26.3 Å². The summed E-state index contributed by atoms with van der Waals surface area (Å²) in [6.45, 7) is 8.43. The molecule has 0 bridgehead atoms. The number of amidine groups is 1. The highest BCUT2D eigenvalue weighted by Crippen LogP contribution is 2.03. The lowest BCUT2D eigenvalue weighted by atomic mass is 10.1. The summed E-state index contributed by atoms with van der Waals surface area (Å²) >= 11 is 0. The Morgan fingerprint density at radius 1 is 1.26 bits per heavy atom. The molecule has 0 aliphatic carbocycles. The van der Waals surface area contributed by atoms with Gasteiger partial charge in [0.2, 0.25) is 5.91 Å². The van der Waals surface area contributed by atoms with E-state index in [2.05, 4.69) is 5.16 Å². The van der Waals surface area contributed by atoms with Crippen molar-refractivity contribution in [2.24, 2.45) is 16.8 Å². The van der Waals surface area contributed by atoms with Crippen LogP contribution in [-0.4, -0.2) is 61.4 Å². The first kappa shape index (κ1) is 17.7. The van der Waals surface area contributed by atoms with Gasteiger partial charge in [-0.1, -0.05) is 5.16 Å². The van der Waals surface area contributed by atoms with Gasteiger partial charge in [0.25, 0.3) is 0 Å². The minimum absolute atomic E-state index is 0.0946. The van der Waals surface area contributed by atoms with E-state index >= 15 is 0 Å². The zero-order valence-electron chi connectivity index (χ0n) is 12.0. The number of amides is 1. The maximum absolute atomic E-state index is 12.2. The fourth-order valence-electron chi connectivity index (χ4n) is 1.46. The molecule has 0 radical (unpaired) electrons. The van der Waals surface area contributed by atoms with Crippen LogP contribution in [0.15, 0.2) is 5.16 Å². The molecule has 7 nitrogen and oxygen atoms in total. The van der Waals surface area contributed by atoms with Gasteiger partial charge in [-0.3, -0.25) is 4.79 Å². The molecule has 3 N–H and O–H groups in total. The number of rotatable bonds is 10. The van der Waals surface area contributed by atoms with Gasteiger partial charge in [0.15, 0.2) is 5.84 Å². The van der Waals surface area contributed by atoms with Crippen LogP contribution in [0.25, 0.3) is 0 Å². The van der Waals surface area contributed by atoms with Crippen LogP contribution in [0.4, 0.5) is 0 Å². The Labute approximate surface area is 114 Å². The summed E-state index contributed by atoms with van der Waals surface area (Å²) in [5.41, 5.74) is 5.45. The quantitative estimate of drug-likeness (QED) is 0.196. The number of hydrogen-bond acceptors (Lipinski definition) is 5. The van der Waals surface area contributed by atoms with Crippen molar-refractivity contribution < 1.29 is 19.5 Å². The molecule has 1 atom stereocenters. The maximum Gasteiger partial charge on any atom is 0.233 e. The average molecular weight is 275 g/mol. The minimum atomic E-state index is -0.659. The van der Waals surface area contributed by atoms with Gasteiger partial charge >= 0.3 is 0 Å². The molecule has 0 aromatic carbocycles. The second kappa shape index (κ2) is 10.6. The first-order valence-corrected chi connectivity index (χ1v) is 6.50. The second-order valence-corrected chi connectivity index (χ2v) is 3.97. The van der Waals surface area contributed by atoms with E-state index in [-0.39, 0.29) is 11.7 Å². The standard InChI is InChI=1S/C12H25N3O4/c1-4-18-8-6-15(7-9-19-5-2)12(16)10(3)11(13)14-17/h10,17H,4-9H2,1-3H3,(H2,13,14). The van der Waals surface area contributed by atoms with Crippen LogP contribution in [0.5, 0.6) is 0 Å². The van der Waals surface area contributed by atoms with Crippen molar-refractivity contribution >= 4 is 11.7 Å². The van der Waals surface area contributed by atoms with E-state index < -0.39 is 5.92 Å². The Bertz CT molecular complexity index is 274. The Morgan fingerprint density at radius 2 is 1.74 bits per heavy atom. The molecule has 0 fully saturated rings.